The largest absolute Gasteiger partial charge is 0.493 e. The van der Waals surface area contributed by atoms with E-state index in [9.17, 15) is 4.79 Å². The van der Waals surface area contributed by atoms with Crippen molar-refractivity contribution in [2.45, 2.75) is 6.61 Å². The molecule has 3 aromatic carbocycles. The number of methoxy groups -OCH3 is 1. The van der Waals surface area contributed by atoms with Gasteiger partial charge in [0, 0.05) is 11.8 Å². The second-order valence-corrected chi connectivity index (χ2v) is 6.29. The molecular formula is C22H18ClNO4. The predicted molar refractivity (Wildman–Crippen MR) is 109 cm³/mol. The minimum atomic E-state index is -0.963. The Kier molecular flexibility index (Phi) is 6.29. The Hall–Kier alpha value is -3.31. The van der Waals surface area contributed by atoms with Crippen molar-refractivity contribution < 1.29 is 19.4 Å². The highest BCUT2D eigenvalue weighted by Gasteiger charge is 2.10. The highest BCUT2D eigenvalue weighted by atomic mass is 35.5. The Balaban J connectivity index is 1.83. The molecule has 0 saturated heterocycles. The van der Waals surface area contributed by atoms with E-state index in [1.165, 1.54) is 0 Å². The minimum Gasteiger partial charge on any atom is -0.493 e. The van der Waals surface area contributed by atoms with Crippen molar-refractivity contribution >= 4 is 29.5 Å². The van der Waals surface area contributed by atoms with E-state index in [0.29, 0.717) is 22.2 Å². The van der Waals surface area contributed by atoms with Gasteiger partial charge in [-0.3, -0.25) is 4.99 Å². The lowest BCUT2D eigenvalue weighted by molar-refractivity contribution is 0.0697. The van der Waals surface area contributed by atoms with E-state index in [1.54, 1.807) is 49.7 Å². The van der Waals surface area contributed by atoms with E-state index in [1.807, 2.05) is 30.3 Å². The van der Waals surface area contributed by atoms with Crippen LogP contribution in [0.25, 0.3) is 0 Å². The molecule has 0 aromatic heterocycles. The summed E-state index contributed by atoms with van der Waals surface area (Å²) in [7, 11) is 1.57. The van der Waals surface area contributed by atoms with Crippen LogP contribution in [0, 0.1) is 0 Å². The highest BCUT2D eigenvalue weighted by molar-refractivity contribution is 6.33. The van der Waals surface area contributed by atoms with Gasteiger partial charge < -0.3 is 14.6 Å². The molecule has 3 rings (SSSR count). The van der Waals surface area contributed by atoms with Crippen LogP contribution in [0.1, 0.15) is 21.5 Å². The van der Waals surface area contributed by atoms with Crippen molar-refractivity contribution in [2.24, 2.45) is 4.99 Å². The number of aromatic carboxylic acids is 1. The fraction of sp³-hybridized carbons (Fsp3) is 0.0909. The zero-order valence-electron chi connectivity index (χ0n) is 15.1. The monoisotopic (exact) mass is 395 g/mol. The molecule has 0 spiro atoms. The summed E-state index contributed by atoms with van der Waals surface area (Å²) in [5, 5.41) is 9.55. The summed E-state index contributed by atoms with van der Waals surface area (Å²) in [4.78, 5) is 15.4. The molecule has 5 nitrogen and oxygen atoms in total. The number of halogens is 1. The topological polar surface area (TPSA) is 68.1 Å². The lowest BCUT2D eigenvalue weighted by Gasteiger charge is -2.13. The smallest absolute Gasteiger partial charge is 0.335 e. The van der Waals surface area contributed by atoms with Gasteiger partial charge in [0.2, 0.25) is 0 Å². The molecule has 0 unspecified atom stereocenters. The molecule has 3 aromatic rings. The van der Waals surface area contributed by atoms with Gasteiger partial charge in [-0.25, -0.2) is 4.79 Å². The van der Waals surface area contributed by atoms with Crippen LogP contribution < -0.4 is 9.47 Å². The fourth-order valence-electron chi connectivity index (χ4n) is 2.54. The maximum Gasteiger partial charge on any atom is 0.335 e. The van der Waals surface area contributed by atoms with Crippen LogP contribution in [-0.2, 0) is 6.61 Å². The average molecular weight is 396 g/mol. The standard InChI is InChI=1S/C22H18ClNO4/c1-27-20-8-4-5-17(13-24-19-7-3-2-6-18(19)23)21(20)28-14-15-9-11-16(12-10-15)22(25)26/h2-13H,14H2,1H3,(H,25,26). The van der Waals surface area contributed by atoms with E-state index < -0.39 is 5.97 Å². The molecule has 0 atom stereocenters. The highest BCUT2D eigenvalue weighted by Crippen LogP contribution is 2.32. The molecule has 0 bridgehead atoms. The third kappa shape index (κ3) is 4.69. The zero-order chi connectivity index (χ0) is 19.9. The molecule has 142 valence electrons. The van der Waals surface area contributed by atoms with Gasteiger partial charge in [-0.2, -0.15) is 0 Å². The zero-order valence-corrected chi connectivity index (χ0v) is 15.9. The molecule has 0 fully saturated rings. The number of hydrogen-bond donors (Lipinski definition) is 1. The van der Waals surface area contributed by atoms with Crippen LogP contribution in [0.5, 0.6) is 11.5 Å². The van der Waals surface area contributed by atoms with Crippen molar-refractivity contribution in [1.82, 2.24) is 0 Å². The van der Waals surface area contributed by atoms with Crippen LogP contribution in [-0.4, -0.2) is 24.4 Å². The summed E-state index contributed by atoms with van der Waals surface area (Å²) in [5.41, 5.74) is 2.46. The Labute approximate surface area is 167 Å². The number of rotatable bonds is 7. The van der Waals surface area contributed by atoms with Gasteiger partial charge in [0.15, 0.2) is 11.5 Å². The van der Waals surface area contributed by atoms with Crippen molar-refractivity contribution in [2.75, 3.05) is 7.11 Å². The van der Waals surface area contributed by atoms with Gasteiger partial charge in [0.05, 0.1) is 23.4 Å². The Morgan fingerprint density at radius 1 is 1.07 bits per heavy atom. The summed E-state index contributed by atoms with van der Waals surface area (Å²) in [6, 6.07) is 19.3. The molecule has 0 radical (unpaired) electrons. The van der Waals surface area contributed by atoms with Crippen molar-refractivity contribution in [3.63, 3.8) is 0 Å². The second-order valence-electron chi connectivity index (χ2n) is 5.88. The van der Waals surface area contributed by atoms with Gasteiger partial charge in [-0.15, -0.1) is 0 Å². The molecule has 0 aliphatic heterocycles. The SMILES string of the molecule is COc1cccc(C=Nc2ccccc2Cl)c1OCc1ccc(C(=O)O)cc1. The normalized spacial score (nSPS) is 10.8. The number of benzene rings is 3. The van der Waals surface area contributed by atoms with Crippen molar-refractivity contribution in [3.05, 3.63) is 88.4 Å². The molecule has 28 heavy (non-hydrogen) atoms. The molecule has 0 saturated carbocycles. The second kappa shape index (κ2) is 9.06. The molecule has 0 aliphatic carbocycles. The van der Waals surface area contributed by atoms with Gasteiger partial charge in [0.25, 0.3) is 0 Å². The summed E-state index contributed by atoms with van der Waals surface area (Å²) in [5.74, 6) is 0.156. The van der Waals surface area contributed by atoms with Crippen molar-refractivity contribution in [3.8, 4) is 11.5 Å². The number of carboxylic acid groups (broad SMARTS) is 1. The Morgan fingerprint density at radius 2 is 1.82 bits per heavy atom. The maximum absolute atomic E-state index is 11.0. The third-order valence-corrected chi connectivity index (χ3v) is 4.33. The molecule has 0 heterocycles. The van der Waals surface area contributed by atoms with E-state index in [4.69, 9.17) is 26.2 Å². The van der Waals surface area contributed by atoms with Gasteiger partial charge in [0.1, 0.15) is 6.61 Å². The van der Waals surface area contributed by atoms with Crippen LogP contribution in [0.4, 0.5) is 5.69 Å². The Morgan fingerprint density at radius 3 is 2.50 bits per heavy atom. The number of para-hydroxylation sites is 2. The lowest BCUT2D eigenvalue weighted by atomic mass is 10.1. The van der Waals surface area contributed by atoms with Crippen LogP contribution >= 0.6 is 11.6 Å². The van der Waals surface area contributed by atoms with Gasteiger partial charge in [-0.1, -0.05) is 41.9 Å². The third-order valence-electron chi connectivity index (χ3n) is 4.01. The number of carboxylic acids is 1. The summed E-state index contributed by atoms with van der Waals surface area (Å²) in [6.45, 7) is 0.257. The van der Waals surface area contributed by atoms with E-state index in [0.717, 1.165) is 11.1 Å². The summed E-state index contributed by atoms with van der Waals surface area (Å²) < 4.78 is 11.4. The number of carbonyl (C=O) groups is 1. The minimum absolute atomic E-state index is 0.230. The molecule has 0 aliphatic rings. The van der Waals surface area contributed by atoms with E-state index in [2.05, 4.69) is 4.99 Å². The molecular weight excluding hydrogens is 378 g/mol. The maximum atomic E-state index is 11.0. The summed E-state index contributed by atoms with van der Waals surface area (Å²) >= 11 is 6.15. The van der Waals surface area contributed by atoms with E-state index >= 15 is 0 Å². The number of aliphatic imine (C=N–C) groups is 1. The Bertz CT molecular complexity index is 1000. The number of ether oxygens (including phenoxy) is 2. The van der Waals surface area contributed by atoms with Gasteiger partial charge >= 0.3 is 5.97 Å². The first kappa shape index (κ1) is 19.5. The molecule has 6 heteroatoms. The summed E-state index contributed by atoms with van der Waals surface area (Å²) in [6.07, 6.45) is 1.67. The first-order chi connectivity index (χ1) is 13.6. The quantitative estimate of drug-likeness (QED) is 0.545. The van der Waals surface area contributed by atoms with E-state index in [-0.39, 0.29) is 12.2 Å². The van der Waals surface area contributed by atoms with Crippen molar-refractivity contribution in [1.29, 1.82) is 0 Å². The average Bonchev–Trinajstić information content (AvgIpc) is 2.72. The molecule has 0 amide bonds. The predicted octanol–water partition coefficient (Wildman–Crippen LogP) is 5.38. The number of hydrogen-bond acceptors (Lipinski definition) is 4. The molecule has 1 N–H and O–H groups in total. The number of nitrogens with zero attached hydrogens (tertiary/aromatic N) is 1. The lowest BCUT2D eigenvalue weighted by Crippen LogP contribution is -2.02. The van der Waals surface area contributed by atoms with Crippen LogP contribution in [0.2, 0.25) is 5.02 Å². The fourth-order valence-corrected chi connectivity index (χ4v) is 2.73. The van der Waals surface area contributed by atoms with Crippen LogP contribution in [0.15, 0.2) is 71.7 Å². The van der Waals surface area contributed by atoms with Crippen LogP contribution in [0.3, 0.4) is 0 Å². The van der Waals surface area contributed by atoms with Gasteiger partial charge in [-0.05, 0) is 42.0 Å². The first-order valence-corrected chi connectivity index (χ1v) is 8.87. The first-order valence-electron chi connectivity index (χ1n) is 8.49.